The van der Waals surface area contributed by atoms with Gasteiger partial charge in [-0.2, -0.15) is 0 Å². The highest BCUT2D eigenvalue weighted by molar-refractivity contribution is 4.94. The van der Waals surface area contributed by atoms with Crippen molar-refractivity contribution in [1.29, 1.82) is 0 Å². The molecule has 1 saturated carbocycles. The van der Waals surface area contributed by atoms with E-state index in [0.717, 1.165) is 18.4 Å². The Morgan fingerprint density at radius 1 is 1.45 bits per heavy atom. The maximum atomic E-state index is 5.67. The average molecular weight is 153 g/mol. The van der Waals surface area contributed by atoms with Crippen molar-refractivity contribution < 1.29 is 0 Å². The van der Waals surface area contributed by atoms with Gasteiger partial charge in [0.05, 0.1) is 0 Å². The Labute approximate surface area is 69.7 Å². The summed E-state index contributed by atoms with van der Waals surface area (Å²) in [7, 11) is 0. The lowest BCUT2D eigenvalue weighted by Crippen LogP contribution is -2.18. The van der Waals surface area contributed by atoms with E-state index in [-0.39, 0.29) is 0 Å². The molecule has 0 aliphatic heterocycles. The predicted octanol–water partition coefficient (Wildman–Crippen LogP) is 2.33. The van der Waals surface area contributed by atoms with Crippen molar-refractivity contribution in [2.24, 2.45) is 17.6 Å². The van der Waals surface area contributed by atoms with Crippen molar-refractivity contribution in [3.05, 3.63) is 12.2 Å². The third-order valence-electron chi connectivity index (χ3n) is 2.73. The lowest BCUT2D eigenvalue weighted by Gasteiger charge is -2.17. The number of hydrogen-bond acceptors (Lipinski definition) is 1. The second-order valence-corrected chi connectivity index (χ2v) is 3.85. The molecular formula is C10H19N. The fraction of sp³-hybridized carbons (Fsp3) is 0.800. The highest BCUT2D eigenvalue weighted by Gasteiger charge is 2.25. The molecule has 0 bridgehead atoms. The van der Waals surface area contributed by atoms with Crippen LogP contribution in [0.25, 0.3) is 0 Å². The average Bonchev–Trinajstić information content (AvgIpc) is 2.34. The molecule has 0 aromatic carbocycles. The summed E-state index contributed by atoms with van der Waals surface area (Å²) >= 11 is 0. The molecule has 1 aliphatic carbocycles. The Hall–Kier alpha value is -0.300. The molecule has 1 fully saturated rings. The minimum absolute atomic E-state index is 0.784. The number of hydrogen-bond donors (Lipinski definition) is 1. The summed E-state index contributed by atoms with van der Waals surface area (Å²) in [5, 5.41) is 0. The monoisotopic (exact) mass is 153 g/mol. The Kier molecular flexibility index (Phi) is 3.13. The van der Waals surface area contributed by atoms with Gasteiger partial charge in [0.15, 0.2) is 0 Å². The van der Waals surface area contributed by atoms with Gasteiger partial charge in [-0.15, -0.1) is 6.58 Å². The molecule has 64 valence electrons. The van der Waals surface area contributed by atoms with Crippen LogP contribution in [0.5, 0.6) is 0 Å². The Balaban J connectivity index is 2.37. The third kappa shape index (κ3) is 2.33. The largest absolute Gasteiger partial charge is 0.330 e. The maximum absolute atomic E-state index is 5.67. The van der Waals surface area contributed by atoms with Crippen molar-refractivity contribution in [2.45, 2.75) is 32.6 Å². The minimum Gasteiger partial charge on any atom is -0.330 e. The van der Waals surface area contributed by atoms with Crippen LogP contribution in [-0.4, -0.2) is 6.54 Å². The fourth-order valence-corrected chi connectivity index (χ4v) is 2.14. The lowest BCUT2D eigenvalue weighted by molar-refractivity contribution is 0.394. The SMILES string of the molecule is C=C(C)CC1CCCC1CN. The van der Waals surface area contributed by atoms with E-state index < -0.39 is 0 Å². The lowest BCUT2D eigenvalue weighted by atomic mass is 9.90. The van der Waals surface area contributed by atoms with Crippen LogP contribution in [0.15, 0.2) is 12.2 Å². The molecule has 1 rings (SSSR count). The Morgan fingerprint density at radius 2 is 2.09 bits per heavy atom. The van der Waals surface area contributed by atoms with Gasteiger partial charge in [-0.3, -0.25) is 0 Å². The Bertz CT molecular complexity index is 140. The van der Waals surface area contributed by atoms with Crippen LogP contribution in [0.1, 0.15) is 32.6 Å². The molecule has 0 radical (unpaired) electrons. The van der Waals surface area contributed by atoms with Crippen LogP contribution in [0.3, 0.4) is 0 Å². The summed E-state index contributed by atoms with van der Waals surface area (Å²) in [6, 6.07) is 0. The summed E-state index contributed by atoms with van der Waals surface area (Å²) in [5.41, 5.74) is 6.99. The van der Waals surface area contributed by atoms with Crippen molar-refractivity contribution >= 4 is 0 Å². The van der Waals surface area contributed by atoms with E-state index in [1.165, 1.54) is 31.3 Å². The van der Waals surface area contributed by atoms with E-state index in [0.29, 0.717) is 0 Å². The molecule has 11 heavy (non-hydrogen) atoms. The molecule has 0 spiro atoms. The standard InChI is InChI=1S/C10H19N/c1-8(2)6-9-4-3-5-10(9)7-11/h9-10H,1,3-7,11H2,2H3. The molecule has 0 amide bonds. The summed E-state index contributed by atoms with van der Waals surface area (Å²) in [6.45, 7) is 6.94. The molecule has 2 atom stereocenters. The summed E-state index contributed by atoms with van der Waals surface area (Å²) in [6.07, 6.45) is 5.28. The summed E-state index contributed by atoms with van der Waals surface area (Å²) in [4.78, 5) is 0. The number of allylic oxidation sites excluding steroid dienone is 1. The number of rotatable bonds is 3. The van der Waals surface area contributed by atoms with Gasteiger partial charge < -0.3 is 5.73 Å². The van der Waals surface area contributed by atoms with Gasteiger partial charge in [0.25, 0.3) is 0 Å². The first-order chi connectivity index (χ1) is 5.24. The van der Waals surface area contributed by atoms with E-state index in [1.54, 1.807) is 0 Å². The highest BCUT2D eigenvalue weighted by atomic mass is 14.6. The first-order valence-electron chi connectivity index (χ1n) is 4.58. The van der Waals surface area contributed by atoms with E-state index in [1.807, 2.05) is 0 Å². The molecule has 0 aromatic heterocycles. The summed E-state index contributed by atoms with van der Waals surface area (Å²) < 4.78 is 0. The van der Waals surface area contributed by atoms with Crippen LogP contribution >= 0.6 is 0 Å². The van der Waals surface area contributed by atoms with Crippen molar-refractivity contribution in [2.75, 3.05) is 6.54 Å². The molecule has 1 aliphatic rings. The molecule has 0 saturated heterocycles. The maximum Gasteiger partial charge on any atom is -0.00461 e. The smallest absolute Gasteiger partial charge is 0.00461 e. The van der Waals surface area contributed by atoms with E-state index in [4.69, 9.17) is 5.73 Å². The van der Waals surface area contributed by atoms with Crippen molar-refractivity contribution in [1.82, 2.24) is 0 Å². The fourth-order valence-electron chi connectivity index (χ4n) is 2.14. The first kappa shape index (κ1) is 8.79. The molecule has 1 nitrogen and oxygen atoms in total. The molecule has 2 unspecified atom stereocenters. The molecular weight excluding hydrogens is 134 g/mol. The minimum atomic E-state index is 0.784. The molecule has 0 aromatic rings. The first-order valence-corrected chi connectivity index (χ1v) is 4.58. The molecule has 1 heteroatoms. The van der Waals surface area contributed by atoms with Gasteiger partial charge in [-0.25, -0.2) is 0 Å². The second kappa shape index (κ2) is 3.91. The van der Waals surface area contributed by atoms with Crippen LogP contribution in [-0.2, 0) is 0 Å². The Morgan fingerprint density at radius 3 is 2.64 bits per heavy atom. The zero-order chi connectivity index (χ0) is 8.27. The topological polar surface area (TPSA) is 26.0 Å². The van der Waals surface area contributed by atoms with Gasteiger partial charge in [-0.05, 0) is 44.6 Å². The molecule has 2 N–H and O–H groups in total. The van der Waals surface area contributed by atoms with Gasteiger partial charge in [-0.1, -0.05) is 12.0 Å². The predicted molar refractivity (Wildman–Crippen MR) is 49.3 cm³/mol. The summed E-state index contributed by atoms with van der Waals surface area (Å²) in [5.74, 6) is 1.63. The van der Waals surface area contributed by atoms with Gasteiger partial charge in [0.1, 0.15) is 0 Å². The van der Waals surface area contributed by atoms with Crippen LogP contribution in [0.4, 0.5) is 0 Å². The van der Waals surface area contributed by atoms with Crippen molar-refractivity contribution in [3.8, 4) is 0 Å². The zero-order valence-electron chi connectivity index (χ0n) is 7.47. The van der Waals surface area contributed by atoms with E-state index in [2.05, 4.69) is 13.5 Å². The van der Waals surface area contributed by atoms with E-state index in [9.17, 15) is 0 Å². The van der Waals surface area contributed by atoms with Gasteiger partial charge >= 0.3 is 0 Å². The van der Waals surface area contributed by atoms with Crippen LogP contribution < -0.4 is 5.73 Å². The third-order valence-corrected chi connectivity index (χ3v) is 2.73. The quantitative estimate of drug-likeness (QED) is 0.619. The van der Waals surface area contributed by atoms with Gasteiger partial charge in [0.2, 0.25) is 0 Å². The van der Waals surface area contributed by atoms with E-state index >= 15 is 0 Å². The normalized spacial score (nSPS) is 30.7. The second-order valence-electron chi connectivity index (χ2n) is 3.85. The highest BCUT2D eigenvalue weighted by Crippen LogP contribution is 2.34. The van der Waals surface area contributed by atoms with Gasteiger partial charge in [0, 0.05) is 0 Å². The van der Waals surface area contributed by atoms with Crippen LogP contribution in [0.2, 0.25) is 0 Å². The van der Waals surface area contributed by atoms with Crippen LogP contribution in [0, 0.1) is 11.8 Å². The van der Waals surface area contributed by atoms with Crippen molar-refractivity contribution in [3.63, 3.8) is 0 Å². The zero-order valence-corrected chi connectivity index (χ0v) is 7.47. The number of nitrogens with two attached hydrogens (primary N) is 1. The molecule has 0 heterocycles.